The minimum absolute atomic E-state index is 0.0199. The molecule has 9 heteroatoms. The van der Waals surface area contributed by atoms with Crippen molar-refractivity contribution in [2.45, 2.75) is 30.0 Å². The van der Waals surface area contributed by atoms with Gasteiger partial charge in [-0.1, -0.05) is 23.1 Å². The van der Waals surface area contributed by atoms with Gasteiger partial charge in [0.25, 0.3) is 5.56 Å². The second-order valence-electron chi connectivity index (χ2n) is 4.84. The summed E-state index contributed by atoms with van der Waals surface area (Å²) in [6.45, 7) is 4.34. The Hall–Kier alpha value is -2.13. The molecule has 3 aromatic heterocycles. The highest BCUT2D eigenvalue weighted by Gasteiger charge is 2.14. The Morgan fingerprint density at radius 2 is 2.35 bits per heavy atom. The number of aryl methyl sites for hydroxylation is 1. The van der Waals surface area contributed by atoms with Gasteiger partial charge in [0.2, 0.25) is 5.13 Å². The van der Waals surface area contributed by atoms with E-state index in [4.69, 9.17) is 4.42 Å². The second-order valence-corrected chi connectivity index (χ2v) is 7.40. The van der Waals surface area contributed by atoms with Gasteiger partial charge in [-0.15, -0.1) is 10.2 Å². The van der Waals surface area contributed by atoms with Crippen molar-refractivity contribution in [1.29, 1.82) is 0 Å². The predicted octanol–water partition coefficient (Wildman–Crippen LogP) is 2.99. The lowest BCUT2D eigenvalue weighted by Crippen LogP contribution is -2.12. The van der Waals surface area contributed by atoms with Gasteiger partial charge in [0, 0.05) is 11.8 Å². The van der Waals surface area contributed by atoms with Crippen molar-refractivity contribution in [3.05, 3.63) is 52.1 Å². The molecule has 0 saturated carbocycles. The average molecular weight is 349 g/mol. The van der Waals surface area contributed by atoms with E-state index in [0.29, 0.717) is 18.1 Å². The van der Waals surface area contributed by atoms with Crippen LogP contribution in [0.5, 0.6) is 0 Å². The Balaban J connectivity index is 1.62. The molecule has 0 aliphatic carbocycles. The molecule has 7 nitrogen and oxygen atoms in total. The van der Waals surface area contributed by atoms with Gasteiger partial charge < -0.3 is 14.7 Å². The lowest BCUT2D eigenvalue weighted by molar-refractivity contribution is 0.518. The summed E-state index contributed by atoms with van der Waals surface area (Å²) >= 11 is 2.96. The smallest absolute Gasteiger partial charge is 0.251 e. The number of rotatable bonds is 6. The number of furan rings is 1. The van der Waals surface area contributed by atoms with Gasteiger partial charge in [-0.2, -0.15) is 0 Å². The SMILES string of the molecule is Cc1cc(=O)[nH]c([C@@H](C)Sc2nnc(NCc3ccco3)s2)n1. The first-order chi connectivity index (χ1) is 11.1. The maximum absolute atomic E-state index is 11.5. The summed E-state index contributed by atoms with van der Waals surface area (Å²) in [5.74, 6) is 1.48. The van der Waals surface area contributed by atoms with Crippen LogP contribution in [0.2, 0.25) is 0 Å². The molecule has 0 bridgehead atoms. The minimum Gasteiger partial charge on any atom is -0.467 e. The zero-order valence-electron chi connectivity index (χ0n) is 12.6. The van der Waals surface area contributed by atoms with Crippen LogP contribution in [0, 0.1) is 6.92 Å². The number of aromatic nitrogens is 4. The molecule has 3 rings (SSSR count). The van der Waals surface area contributed by atoms with Crippen molar-refractivity contribution in [3.63, 3.8) is 0 Å². The molecular weight excluding hydrogens is 334 g/mol. The van der Waals surface area contributed by atoms with Gasteiger partial charge in [0.1, 0.15) is 11.6 Å². The molecule has 0 aromatic carbocycles. The normalized spacial score (nSPS) is 12.3. The second kappa shape index (κ2) is 6.97. The van der Waals surface area contributed by atoms with Crippen LogP contribution in [0.4, 0.5) is 5.13 Å². The molecule has 23 heavy (non-hydrogen) atoms. The number of hydrogen-bond donors (Lipinski definition) is 2. The molecule has 0 aliphatic rings. The number of aromatic amines is 1. The lowest BCUT2D eigenvalue weighted by atomic mass is 10.4. The van der Waals surface area contributed by atoms with E-state index in [1.807, 2.05) is 19.1 Å². The Morgan fingerprint density at radius 1 is 1.48 bits per heavy atom. The highest BCUT2D eigenvalue weighted by molar-refractivity contribution is 8.01. The van der Waals surface area contributed by atoms with Gasteiger partial charge in [-0.25, -0.2) is 4.98 Å². The number of anilines is 1. The van der Waals surface area contributed by atoms with E-state index in [1.54, 1.807) is 13.2 Å². The molecule has 2 N–H and O–H groups in total. The predicted molar refractivity (Wildman–Crippen MR) is 89.8 cm³/mol. The van der Waals surface area contributed by atoms with E-state index in [1.165, 1.54) is 29.2 Å². The number of nitrogens with zero attached hydrogens (tertiary/aromatic N) is 3. The molecule has 0 radical (unpaired) electrons. The van der Waals surface area contributed by atoms with E-state index in [-0.39, 0.29) is 10.8 Å². The Morgan fingerprint density at radius 3 is 3.09 bits per heavy atom. The maximum atomic E-state index is 11.5. The maximum Gasteiger partial charge on any atom is 0.251 e. The van der Waals surface area contributed by atoms with E-state index < -0.39 is 0 Å². The van der Waals surface area contributed by atoms with E-state index in [9.17, 15) is 4.79 Å². The highest BCUT2D eigenvalue weighted by atomic mass is 32.2. The van der Waals surface area contributed by atoms with Crippen LogP contribution in [0.1, 0.15) is 29.5 Å². The van der Waals surface area contributed by atoms with Crippen molar-refractivity contribution in [2.75, 3.05) is 5.32 Å². The van der Waals surface area contributed by atoms with Crippen molar-refractivity contribution in [2.24, 2.45) is 0 Å². The van der Waals surface area contributed by atoms with Crippen molar-refractivity contribution in [1.82, 2.24) is 20.2 Å². The van der Waals surface area contributed by atoms with Crippen LogP contribution in [-0.2, 0) is 6.54 Å². The summed E-state index contributed by atoms with van der Waals surface area (Å²) in [5.41, 5.74) is 0.562. The topological polar surface area (TPSA) is 96.7 Å². The third kappa shape index (κ3) is 4.20. The highest BCUT2D eigenvalue weighted by Crippen LogP contribution is 2.35. The quantitative estimate of drug-likeness (QED) is 0.660. The molecule has 0 unspecified atom stereocenters. The summed E-state index contributed by atoms with van der Waals surface area (Å²) in [5, 5.41) is 12.1. The largest absolute Gasteiger partial charge is 0.467 e. The summed E-state index contributed by atoms with van der Waals surface area (Å²) in [7, 11) is 0. The minimum atomic E-state index is -0.141. The number of hydrogen-bond acceptors (Lipinski definition) is 8. The van der Waals surface area contributed by atoms with Gasteiger partial charge in [-0.3, -0.25) is 4.79 Å². The molecule has 0 amide bonds. The van der Waals surface area contributed by atoms with Crippen molar-refractivity contribution in [3.8, 4) is 0 Å². The van der Waals surface area contributed by atoms with E-state index in [2.05, 4.69) is 25.5 Å². The van der Waals surface area contributed by atoms with E-state index in [0.717, 1.165) is 15.2 Å². The van der Waals surface area contributed by atoms with Gasteiger partial charge >= 0.3 is 0 Å². The third-order valence-electron chi connectivity index (χ3n) is 2.95. The Bertz CT molecular complexity index is 828. The summed E-state index contributed by atoms with van der Waals surface area (Å²) < 4.78 is 6.06. The van der Waals surface area contributed by atoms with Crippen LogP contribution in [-0.4, -0.2) is 20.2 Å². The first kappa shape index (κ1) is 15.8. The fourth-order valence-electron chi connectivity index (χ4n) is 1.91. The number of thioether (sulfide) groups is 1. The number of H-pyrrole nitrogens is 1. The molecule has 1 atom stereocenters. The fourth-order valence-corrected chi connectivity index (χ4v) is 3.86. The molecule has 3 aromatic rings. The molecule has 0 aliphatic heterocycles. The van der Waals surface area contributed by atoms with Crippen molar-refractivity contribution >= 4 is 28.2 Å². The molecular formula is C14H15N5O2S2. The first-order valence-electron chi connectivity index (χ1n) is 6.94. The fraction of sp³-hybridized carbons (Fsp3) is 0.286. The molecule has 0 saturated heterocycles. The number of nitrogens with one attached hydrogen (secondary N) is 2. The van der Waals surface area contributed by atoms with Gasteiger partial charge in [0.05, 0.1) is 18.1 Å². The van der Waals surface area contributed by atoms with Crippen LogP contribution >= 0.6 is 23.1 Å². The monoisotopic (exact) mass is 349 g/mol. The van der Waals surface area contributed by atoms with Crippen LogP contribution < -0.4 is 10.9 Å². The van der Waals surface area contributed by atoms with Gasteiger partial charge in [-0.05, 0) is 26.0 Å². The summed E-state index contributed by atoms with van der Waals surface area (Å²) in [6.07, 6.45) is 1.63. The van der Waals surface area contributed by atoms with Crippen LogP contribution in [0.3, 0.4) is 0 Å². The first-order valence-corrected chi connectivity index (χ1v) is 8.64. The van der Waals surface area contributed by atoms with Crippen molar-refractivity contribution < 1.29 is 4.42 Å². The Labute approximate surface area is 140 Å². The average Bonchev–Trinajstić information content (AvgIpc) is 3.15. The lowest BCUT2D eigenvalue weighted by Gasteiger charge is -2.08. The van der Waals surface area contributed by atoms with Gasteiger partial charge in [0.15, 0.2) is 4.34 Å². The third-order valence-corrected chi connectivity index (χ3v) is 5.03. The molecule has 0 spiro atoms. The Kier molecular flexibility index (Phi) is 4.77. The summed E-state index contributed by atoms with van der Waals surface area (Å²) in [4.78, 5) is 18.6. The zero-order valence-corrected chi connectivity index (χ0v) is 14.2. The molecule has 0 fully saturated rings. The molecule has 120 valence electrons. The van der Waals surface area contributed by atoms with E-state index >= 15 is 0 Å². The summed E-state index contributed by atoms with van der Waals surface area (Å²) in [6, 6.07) is 5.21. The standard InChI is InChI=1S/C14H15N5O2S2/c1-8-6-11(20)17-12(16-8)9(2)22-14-19-18-13(23-14)15-7-10-4-3-5-21-10/h3-6,9H,7H2,1-2H3,(H,15,18)(H,16,17,20)/t9-/m1/s1. The van der Waals surface area contributed by atoms with Crippen LogP contribution in [0.15, 0.2) is 38.0 Å². The molecule has 3 heterocycles. The van der Waals surface area contributed by atoms with Crippen LogP contribution in [0.25, 0.3) is 0 Å². The zero-order chi connectivity index (χ0) is 16.2.